The van der Waals surface area contributed by atoms with Gasteiger partial charge in [0.1, 0.15) is 0 Å². The van der Waals surface area contributed by atoms with E-state index < -0.39 is 16.0 Å². The van der Waals surface area contributed by atoms with Crippen LogP contribution in [0.4, 0.5) is 0 Å². The lowest BCUT2D eigenvalue weighted by Gasteiger charge is -2.11. The molecule has 0 aliphatic rings. The number of benzene rings is 1. The molecule has 0 aromatic heterocycles. The van der Waals surface area contributed by atoms with Gasteiger partial charge in [0.05, 0.1) is 24.7 Å². The van der Waals surface area contributed by atoms with Crippen molar-refractivity contribution in [3.05, 3.63) is 29.8 Å². The van der Waals surface area contributed by atoms with Crippen LogP contribution < -0.4 is 0 Å². The molecule has 0 aliphatic carbocycles. The minimum Gasteiger partial charge on any atom is -0.396 e. The Kier molecular flexibility index (Phi) is 5.07. The van der Waals surface area contributed by atoms with Gasteiger partial charge in [0.15, 0.2) is 0 Å². The summed E-state index contributed by atoms with van der Waals surface area (Å²) in [7, 11) is -3.81. The standard InChI is InChI=1S/C11H16O5S/c1-9-2-4-11(5-3-9)17(14,15)16-8-10(6-12)7-13/h2-5,10,12-13H,6-8H2,1H3. The van der Waals surface area contributed by atoms with Crippen LogP contribution in [0.15, 0.2) is 29.2 Å². The highest BCUT2D eigenvalue weighted by Crippen LogP contribution is 2.14. The first-order valence-electron chi connectivity index (χ1n) is 5.17. The highest BCUT2D eigenvalue weighted by Gasteiger charge is 2.17. The molecule has 1 rings (SSSR count). The Balaban J connectivity index is 2.72. The largest absolute Gasteiger partial charge is 0.396 e. The molecule has 0 aliphatic heterocycles. The Hall–Kier alpha value is -0.950. The molecule has 0 heterocycles. The summed E-state index contributed by atoms with van der Waals surface area (Å²) in [6, 6.07) is 6.26. The zero-order chi connectivity index (χ0) is 12.9. The highest BCUT2D eigenvalue weighted by molar-refractivity contribution is 7.86. The predicted octanol–water partition coefficient (Wildman–Crippen LogP) is 0.301. The van der Waals surface area contributed by atoms with E-state index in [4.69, 9.17) is 14.4 Å². The van der Waals surface area contributed by atoms with Crippen LogP contribution in [-0.4, -0.2) is 38.5 Å². The van der Waals surface area contributed by atoms with Crippen LogP contribution in [0.5, 0.6) is 0 Å². The molecule has 1 aromatic rings. The van der Waals surface area contributed by atoms with Crippen LogP contribution in [-0.2, 0) is 14.3 Å². The molecule has 0 spiro atoms. The third-order valence-electron chi connectivity index (χ3n) is 2.28. The number of aliphatic hydroxyl groups excluding tert-OH is 2. The lowest BCUT2D eigenvalue weighted by atomic mass is 10.2. The normalized spacial score (nSPS) is 12.0. The second-order valence-corrected chi connectivity index (χ2v) is 5.40. The van der Waals surface area contributed by atoms with Crippen molar-refractivity contribution in [3.8, 4) is 0 Å². The summed E-state index contributed by atoms with van der Waals surface area (Å²) >= 11 is 0. The molecule has 96 valence electrons. The number of hydrogen-bond acceptors (Lipinski definition) is 5. The van der Waals surface area contributed by atoms with E-state index in [0.29, 0.717) is 0 Å². The van der Waals surface area contributed by atoms with E-state index in [9.17, 15) is 8.42 Å². The van der Waals surface area contributed by atoms with Crippen molar-refractivity contribution in [2.75, 3.05) is 19.8 Å². The lowest BCUT2D eigenvalue weighted by Crippen LogP contribution is -2.20. The third-order valence-corrected chi connectivity index (χ3v) is 3.58. The predicted molar refractivity (Wildman–Crippen MR) is 62.0 cm³/mol. The summed E-state index contributed by atoms with van der Waals surface area (Å²) in [5.41, 5.74) is 0.951. The molecule has 6 heteroatoms. The van der Waals surface area contributed by atoms with Crippen molar-refractivity contribution in [1.82, 2.24) is 0 Å². The second-order valence-electron chi connectivity index (χ2n) is 3.78. The number of aryl methyl sites for hydroxylation is 1. The minimum absolute atomic E-state index is 0.0673. The third kappa shape index (κ3) is 4.08. The van der Waals surface area contributed by atoms with E-state index in [1.807, 2.05) is 6.92 Å². The molecule has 2 N–H and O–H groups in total. The first-order chi connectivity index (χ1) is 7.99. The zero-order valence-corrected chi connectivity index (χ0v) is 10.4. The van der Waals surface area contributed by atoms with Gasteiger partial charge in [0, 0.05) is 5.92 Å². The van der Waals surface area contributed by atoms with Gasteiger partial charge < -0.3 is 10.2 Å². The maximum Gasteiger partial charge on any atom is 0.296 e. The Morgan fingerprint density at radius 1 is 1.18 bits per heavy atom. The van der Waals surface area contributed by atoms with Gasteiger partial charge in [-0.3, -0.25) is 4.18 Å². The van der Waals surface area contributed by atoms with E-state index >= 15 is 0 Å². The summed E-state index contributed by atoms with van der Waals surface area (Å²) in [5, 5.41) is 17.6. The SMILES string of the molecule is Cc1ccc(S(=O)(=O)OCC(CO)CO)cc1. The van der Waals surface area contributed by atoms with Crippen molar-refractivity contribution >= 4 is 10.1 Å². The molecular formula is C11H16O5S. The van der Waals surface area contributed by atoms with Gasteiger partial charge in [-0.15, -0.1) is 0 Å². The summed E-state index contributed by atoms with van der Waals surface area (Å²) in [6.45, 7) is 0.980. The fraction of sp³-hybridized carbons (Fsp3) is 0.455. The molecule has 0 atom stereocenters. The van der Waals surface area contributed by atoms with Crippen molar-refractivity contribution in [1.29, 1.82) is 0 Å². The fourth-order valence-electron chi connectivity index (χ4n) is 1.12. The number of hydrogen-bond donors (Lipinski definition) is 2. The first kappa shape index (κ1) is 14.1. The van der Waals surface area contributed by atoms with Crippen molar-refractivity contribution < 1.29 is 22.8 Å². The van der Waals surface area contributed by atoms with E-state index in [-0.39, 0.29) is 24.7 Å². The van der Waals surface area contributed by atoms with Gasteiger partial charge in [0.25, 0.3) is 10.1 Å². The van der Waals surface area contributed by atoms with Crippen LogP contribution in [0, 0.1) is 12.8 Å². The highest BCUT2D eigenvalue weighted by atomic mass is 32.2. The Labute approximate surface area is 101 Å². The van der Waals surface area contributed by atoms with Gasteiger partial charge in [-0.1, -0.05) is 17.7 Å². The van der Waals surface area contributed by atoms with Crippen LogP contribution in [0.1, 0.15) is 5.56 Å². The molecule has 17 heavy (non-hydrogen) atoms. The molecule has 5 nitrogen and oxygen atoms in total. The molecule has 0 saturated carbocycles. The van der Waals surface area contributed by atoms with Crippen molar-refractivity contribution in [2.24, 2.45) is 5.92 Å². The van der Waals surface area contributed by atoms with E-state index in [1.165, 1.54) is 12.1 Å². The maximum atomic E-state index is 11.7. The summed E-state index contributed by atoms with van der Waals surface area (Å²) in [4.78, 5) is 0.0673. The minimum atomic E-state index is -3.81. The van der Waals surface area contributed by atoms with Crippen molar-refractivity contribution in [2.45, 2.75) is 11.8 Å². The van der Waals surface area contributed by atoms with Crippen LogP contribution in [0.3, 0.4) is 0 Å². The second kappa shape index (κ2) is 6.11. The smallest absolute Gasteiger partial charge is 0.296 e. The van der Waals surface area contributed by atoms with Gasteiger partial charge in [-0.05, 0) is 19.1 Å². The topological polar surface area (TPSA) is 83.8 Å². The maximum absolute atomic E-state index is 11.7. The molecule has 0 amide bonds. The van der Waals surface area contributed by atoms with Gasteiger partial charge in [-0.25, -0.2) is 0 Å². The Morgan fingerprint density at radius 3 is 2.18 bits per heavy atom. The van der Waals surface area contributed by atoms with Gasteiger partial charge >= 0.3 is 0 Å². The van der Waals surface area contributed by atoms with Crippen LogP contribution in [0.2, 0.25) is 0 Å². The lowest BCUT2D eigenvalue weighted by molar-refractivity contribution is 0.109. The number of aliphatic hydroxyl groups is 2. The molecule has 0 bridgehead atoms. The number of rotatable bonds is 6. The monoisotopic (exact) mass is 260 g/mol. The average molecular weight is 260 g/mol. The molecular weight excluding hydrogens is 244 g/mol. The molecule has 0 radical (unpaired) electrons. The summed E-state index contributed by atoms with van der Waals surface area (Å²) < 4.78 is 28.1. The van der Waals surface area contributed by atoms with Crippen LogP contribution in [0.25, 0.3) is 0 Å². The summed E-state index contributed by atoms with van der Waals surface area (Å²) in [6.07, 6.45) is 0. The Morgan fingerprint density at radius 2 is 1.71 bits per heavy atom. The van der Waals surface area contributed by atoms with E-state index in [2.05, 4.69) is 0 Å². The average Bonchev–Trinajstić information content (AvgIpc) is 2.31. The van der Waals surface area contributed by atoms with E-state index in [0.717, 1.165) is 5.56 Å². The zero-order valence-electron chi connectivity index (χ0n) is 9.54. The quantitative estimate of drug-likeness (QED) is 0.719. The fourth-order valence-corrected chi connectivity index (χ4v) is 2.10. The van der Waals surface area contributed by atoms with Gasteiger partial charge in [0.2, 0.25) is 0 Å². The molecule has 0 unspecified atom stereocenters. The van der Waals surface area contributed by atoms with E-state index in [1.54, 1.807) is 12.1 Å². The molecule has 1 aromatic carbocycles. The van der Waals surface area contributed by atoms with Crippen molar-refractivity contribution in [3.63, 3.8) is 0 Å². The summed E-state index contributed by atoms with van der Waals surface area (Å²) in [5.74, 6) is -0.588. The molecule has 0 saturated heterocycles. The van der Waals surface area contributed by atoms with Crippen LogP contribution >= 0.6 is 0 Å². The first-order valence-corrected chi connectivity index (χ1v) is 6.58. The molecule has 0 fully saturated rings. The van der Waals surface area contributed by atoms with Gasteiger partial charge in [-0.2, -0.15) is 8.42 Å². The Bertz CT molecular complexity index is 433.